The average molecular weight is 719 g/mol. The Kier molecular flexibility index (Phi) is 11.1. The minimum atomic E-state index is -2.16. The first-order chi connectivity index (χ1) is 22.7. The number of nitrogens with one attached hydrogen (secondary N) is 1. The summed E-state index contributed by atoms with van der Waals surface area (Å²) in [5, 5.41) is 14.3. The van der Waals surface area contributed by atoms with Crippen molar-refractivity contribution >= 4 is 45.4 Å². The maximum atomic E-state index is 12.9. The fraction of sp³-hybridized carbons (Fsp3) is 0.625. The molecule has 2 aromatic heterocycles. The van der Waals surface area contributed by atoms with Gasteiger partial charge >= 0.3 is 6.09 Å². The third-order valence-electron chi connectivity index (χ3n) is 9.88. The number of hydrogen-bond acceptors (Lipinski definition) is 12. The zero-order valence-corrected chi connectivity index (χ0v) is 32.6. The molecule has 4 rings (SSSR count). The van der Waals surface area contributed by atoms with Gasteiger partial charge in [-0.15, -0.1) is 0 Å². The van der Waals surface area contributed by atoms with E-state index in [0.717, 1.165) is 0 Å². The first-order valence-electron chi connectivity index (χ1n) is 16.2. The largest absolute Gasteiger partial charge is 0.493 e. The lowest BCUT2D eigenvalue weighted by Gasteiger charge is -2.40. The minimum Gasteiger partial charge on any atom is -0.493 e. The van der Waals surface area contributed by atoms with Crippen molar-refractivity contribution in [1.82, 2.24) is 19.5 Å². The van der Waals surface area contributed by atoms with E-state index in [1.54, 1.807) is 6.33 Å². The molecule has 0 radical (unpaired) electrons. The molecule has 0 bridgehead atoms. The second-order valence-electron chi connectivity index (χ2n) is 15.2. The number of fused-ring (bicyclic) bond motifs is 1. The molecule has 0 aliphatic carbocycles. The standard InChI is InChI=1S/C32H50N6O9Si2/c1-31(2,3)48(9,10)45-17-25-24(47-49(11,12)32(4,5)6)15-26(46-25)37-19-35-27-28(33-18-34-29(27)37)36-30(39)44-16-20-13-22(42-7)23(43-8)14-21(20)38(40)41/h13-14,18-19,24-26H,15-17H2,1-12H3,(H,33,34,36,39)/t24-,25+,26+/m0/s1. The third-order valence-corrected chi connectivity index (χ3v) is 18.9. The maximum Gasteiger partial charge on any atom is 0.413 e. The molecule has 49 heavy (non-hydrogen) atoms. The molecule has 1 N–H and O–H groups in total. The highest BCUT2D eigenvalue weighted by molar-refractivity contribution is 6.74. The summed E-state index contributed by atoms with van der Waals surface area (Å²) < 4.78 is 37.7. The number of methoxy groups -OCH3 is 2. The van der Waals surface area contributed by atoms with Crippen LogP contribution in [-0.2, 0) is 24.9 Å². The molecule has 3 aromatic rings. The molecule has 270 valence electrons. The smallest absolute Gasteiger partial charge is 0.413 e. The normalized spacial score (nSPS) is 18.8. The number of anilines is 1. The Morgan fingerprint density at radius 2 is 1.65 bits per heavy atom. The fourth-order valence-corrected chi connectivity index (χ4v) is 7.21. The number of carbonyl (C=O) groups excluding carboxylic acids is 1. The van der Waals surface area contributed by atoms with E-state index in [9.17, 15) is 14.9 Å². The first kappa shape index (κ1) is 38.2. The Hall–Kier alpha value is -3.65. The van der Waals surface area contributed by atoms with Gasteiger partial charge in [-0.1, -0.05) is 41.5 Å². The molecule has 1 aromatic carbocycles. The van der Waals surface area contributed by atoms with Crippen LogP contribution in [0.2, 0.25) is 36.3 Å². The first-order valence-corrected chi connectivity index (χ1v) is 22.0. The Bertz CT molecular complexity index is 1670. The van der Waals surface area contributed by atoms with Gasteiger partial charge in [-0.05, 0) is 42.3 Å². The Morgan fingerprint density at radius 1 is 1.02 bits per heavy atom. The van der Waals surface area contributed by atoms with Gasteiger partial charge in [-0.25, -0.2) is 19.7 Å². The molecule has 1 aliphatic rings. The molecular formula is C32H50N6O9Si2. The van der Waals surface area contributed by atoms with Gasteiger partial charge in [0.25, 0.3) is 5.69 Å². The highest BCUT2D eigenvalue weighted by Gasteiger charge is 2.47. The van der Waals surface area contributed by atoms with Crippen molar-refractivity contribution in [1.29, 1.82) is 0 Å². The molecule has 3 atom stereocenters. The molecule has 0 spiro atoms. The van der Waals surface area contributed by atoms with E-state index in [4.69, 9.17) is 27.8 Å². The van der Waals surface area contributed by atoms with Crippen LogP contribution in [-0.4, -0.2) is 80.2 Å². The van der Waals surface area contributed by atoms with Crippen LogP contribution in [0.4, 0.5) is 16.3 Å². The van der Waals surface area contributed by atoms with Crippen LogP contribution in [0.5, 0.6) is 11.5 Å². The lowest BCUT2D eigenvalue weighted by atomic mass is 10.1. The van der Waals surface area contributed by atoms with Gasteiger partial charge in [-0.2, -0.15) is 0 Å². The average Bonchev–Trinajstić information content (AvgIpc) is 3.61. The summed E-state index contributed by atoms with van der Waals surface area (Å²) in [6.07, 6.45) is 1.63. The second-order valence-corrected chi connectivity index (χ2v) is 24.8. The number of aromatic nitrogens is 4. The van der Waals surface area contributed by atoms with Crippen LogP contribution in [0.3, 0.4) is 0 Å². The molecule has 1 fully saturated rings. The highest BCUT2D eigenvalue weighted by atomic mass is 28.4. The third kappa shape index (κ3) is 8.39. The Morgan fingerprint density at radius 3 is 2.24 bits per heavy atom. The summed E-state index contributed by atoms with van der Waals surface area (Å²) in [5.41, 5.74) is 0.606. The predicted octanol–water partition coefficient (Wildman–Crippen LogP) is 7.20. The minimum absolute atomic E-state index is 0.00436. The molecule has 1 saturated heterocycles. The van der Waals surface area contributed by atoms with Crippen molar-refractivity contribution in [2.24, 2.45) is 0 Å². The van der Waals surface area contributed by atoms with E-state index in [1.807, 2.05) is 4.57 Å². The lowest BCUT2D eigenvalue weighted by Crippen LogP contribution is -2.48. The van der Waals surface area contributed by atoms with Crippen LogP contribution >= 0.6 is 0 Å². The summed E-state index contributed by atoms with van der Waals surface area (Å²) in [4.78, 5) is 37.1. The van der Waals surface area contributed by atoms with Crippen molar-refractivity contribution in [3.05, 3.63) is 40.5 Å². The number of ether oxygens (including phenoxy) is 4. The number of hydrogen-bond donors (Lipinski definition) is 1. The molecular weight excluding hydrogens is 669 g/mol. The quantitative estimate of drug-likeness (QED) is 0.114. The molecule has 1 aliphatic heterocycles. The number of nitro benzene ring substituents is 1. The van der Waals surface area contributed by atoms with Gasteiger partial charge in [0.05, 0.1) is 49.8 Å². The molecule has 0 unspecified atom stereocenters. The fourth-order valence-electron chi connectivity index (χ4n) is 4.83. The van der Waals surface area contributed by atoms with Gasteiger partial charge in [0.15, 0.2) is 45.1 Å². The number of carbonyl (C=O) groups is 1. The van der Waals surface area contributed by atoms with Gasteiger partial charge in [-0.3, -0.25) is 20.0 Å². The van der Waals surface area contributed by atoms with Crippen molar-refractivity contribution in [2.45, 2.75) is 109 Å². The highest BCUT2D eigenvalue weighted by Crippen LogP contribution is 2.43. The number of imidazole rings is 1. The zero-order chi connectivity index (χ0) is 36.5. The van der Waals surface area contributed by atoms with Crippen LogP contribution in [0.1, 0.15) is 59.8 Å². The van der Waals surface area contributed by atoms with Gasteiger partial charge in [0.1, 0.15) is 25.3 Å². The number of amides is 1. The Labute approximate surface area is 289 Å². The van der Waals surface area contributed by atoms with E-state index in [1.165, 1.54) is 32.7 Å². The number of benzene rings is 1. The van der Waals surface area contributed by atoms with Crippen molar-refractivity contribution in [2.75, 3.05) is 26.1 Å². The van der Waals surface area contributed by atoms with Gasteiger partial charge in [0, 0.05) is 6.42 Å². The monoisotopic (exact) mass is 718 g/mol. The van der Waals surface area contributed by atoms with Crippen molar-refractivity contribution in [3.63, 3.8) is 0 Å². The van der Waals surface area contributed by atoms with Crippen LogP contribution < -0.4 is 14.8 Å². The topological polar surface area (TPSA) is 171 Å². The zero-order valence-electron chi connectivity index (χ0n) is 30.6. The van der Waals surface area contributed by atoms with Gasteiger partial charge in [0.2, 0.25) is 0 Å². The van der Waals surface area contributed by atoms with Gasteiger partial charge < -0.3 is 27.8 Å². The molecule has 15 nitrogen and oxygen atoms in total. The lowest BCUT2D eigenvalue weighted by molar-refractivity contribution is -0.385. The van der Waals surface area contributed by atoms with Crippen molar-refractivity contribution < 1.29 is 37.5 Å². The predicted molar refractivity (Wildman–Crippen MR) is 189 cm³/mol. The molecule has 17 heteroatoms. The van der Waals surface area contributed by atoms with Crippen LogP contribution in [0.25, 0.3) is 11.2 Å². The van der Waals surface area contributed by atoms with E-state index in [-0.39, 0.29) is 50.9 Å². The van der Waals surface area contributed by atoms with E-state index in [2.05, 4.69) is 88.0 Å². The SMILES string of the molecule is COc1cc(COC(=O)Nc2ncnc3c2ncn3[C@H]2C[C@H](O[Si](C)(C)C(C)(C)C)[C@@H](CO[Si](C)(C)C(C)(C)C)O2)c([N+](=O)[O-])cc1OC. The Balaban J connectivity index is 1.54. The van der Waals surface area contributed by atoms with Crippen molar-refractivity contribution in [3.8, 4) is 11.5 Å². The molecule has 3 heterocycles. The summed E-state index contributed by atoms with van der Waals surface area (Å²) in [6, 6.07) is 2.61. The van der Waals surface area contributed by atoms with E-state index < -0.39 is 40.5 Å². The van der Waals surface area contributed by atoms with E-state index >= 15 is 0 Å². The molecule has 0 saturated carbocycles. The summed E-state index contributed by atoms with van der Waals surface area (Å²) in [5.74, 6) is 0.551. The van der Waals surface area contributed by atoms with E-state index in [0.29, 0.717) is 24.2 Å². The van der Waals surface area contributed by atoms with Crippen LogP contribution in [0, 0.1) is 10.1 Å². The number of nitrogens with zero attached hydrogens (tertiary/aromatic N) is 5. The summed E-state index contributed by atoms with van der Waals surface area (Å²) in [6.45, 7) is 22.2. The maximum absolute atomic E-state index is 12.9. The summed E-state index contributed by atoms with van der Waals surface area (Å²) in [7, 11) is -1.44. The second kappa shape index (κ2) is 14.3. The number of nitro groups is 1. The number of rotatable bonds is 12. The summed E-state index contributed by atoms with van der Waals surface area (Å²) >= 11 is 0. The molecule has 1 amide bonds. The van der Waals surface area contributed by atoms with Crippen LogP contribution in [0.15, 0.2) is 24.8 Å².